The summed E-state index contributed by atoms with van der Waals surface area (Å²) in [6.45, 7) is 0.0138. The molecule has 0 radical (unpaired) electrons. The zero-order valence-electron chi connectivity index (χ0n) is 13.4. The van der Waals surface area contributed by atoms with Gasteiger partial charge in [0.1, 0.15) is 5.75 Å². The quantitative estimate of drug-likeness (QED) is 0.856. The van der Waals surface area contributed by atoms with E-state index < -0.39 is 9.84 Å². The molecule has 130 valence electrons. The van der Waals surface area contributed by atoms with E-state index in [9.17, 15) is 18.0 Å². The molecule has 2 aliphatic rings. The highest BCUT2D eigenvalue weighted by Crippen LogP contribution is 2.29. The summed E-state index contributed by atoms with van der Waals surface area (Å²) in [6, 6.07) is 5.23. The van der Waals surface area contributed by atoms with Crippen molar-refractivity contribution >= 4 is 27.3 Å². The lowest BCUT2D eigenvalue weighted by molar-refractivity contribution is -0.131. The van der Waals surface area contributed by atoms with Gasteiger partial charge in [-0.2, -0.15) is 0 Å². The van der Waals surface area contributed by atoms with Crippen LogP contribution in [0.5, 0.6) is 5.75 Å². The number of rotatable bonds is 4. The number of benzene rings is 1. The first-order valence-corrected chi connectivity index (χ1v) is 9.68. The lowest BCUT2D eigenvalue weighted by atomic mass is 10.1. The van der Waals surface area contributed by atoms with E-state index >= 15 is 0 Å². The summed E-state index contributed by atoms with van der Waals surface area (Å²) >= 11 is 0. The zero-order chi connectivity index (χ0) is 17.3. The highest BCUT2D eigenvalue weighted by Gasteiger charge is 2.32. The maximum absolute atomic E-state index is 12.3. The van der Waals surface area contributed by atoms with E-state index in [-0.39, 0.29) is 36.0 Å². The van der Waals surface area contributed by atoms with Gasteiger partial charge in [-0.05, 0) is 30.5 Å². The summed E-state index contributed by atoms with van der Waals surface area (Å²) in [4.78, 5) is 25.2. The van der Waals surface area contributed by atoms with Gasteiger partial charge in [0.25, 0.3) is 5.91 Å². The van der Waals surface area contributed by atoms with Crippen molar-refractivity contribution < 1.29 is 22.7 Å². The largest absolute Gasteiger partial charge is 0.482 e. The lowest BCUT2D eigenvalue weighted by Gasteiger charge is -2.23. The summed E-state index contributed by atoms with van der Waals surface area (Å²) in [6.07, 6.45) is 1.32. The molecule has 1 atom stereocenters. The lowest BCUT2D eigenvalue weighted by Crippen LogP contribution is -2.37. The molecule has 0 spiro atoms. The van der Waals surface area contributed by atoms with Crippen LogP contribution in [-0.2, 0) is 25.8 Å². The first kappa shape index (κ1) is 16.8. The van der Waals surface area contributed by atoms with Crippen molar-refractivity contribution in [2.24, 2.45) is 0 Å². The number of amides is 2. The summed E-state index contributed by atoms with van der Waals surface area (Å²) in [5.74, 6) is 0.558. The molecule has 0 aromatic heterocycles. The minimum absolute atomic E-state index is 0.0138. The molecule has 1 fully saturated rings. The Morgan fingerprint density at radius 2 is 2.21 bits per heavy atom. The van der Waals surface area contributed by atoms with Crippen molar-refractivity contribution in [1.82, 2.24) is 4.90 Å². The standard InChI is InChI=1S/C16H20N2O5S/c1-18(12-6-7-24(21,22)10-12)16(20)5-3-11-2-4-14-13(8-11)17-15(19)9-23-14/h2,4,8,12H,3,5-7,9-10H2,1H3,(H,17,19). The van der Waals surface area contributed by atoms with Crippen LogP contribution in [0.15, 0.2) is 18.2 Å². The van der Waals surface area contributed by atoms with Crippen LogP contribution in [0.1, 0.15) is 18.4 Å². The van der Waals surface area contributed by atoms with E-state index in [0.717, 1.165) is 5.56 Å². The van der Waals surface area contributed by atoms with Gasteiger partial charge in [-0.15, -0.1) is 0 Å². The van der Waals surface area contributed by atoms with Gasteiger partial charge in [0.05, 0.1) is 17.2 Å². The van der Waals surface area contributed by atoms with E-state index in [4.69, 9.17) is 4.74 Å². The third kappa shape index (κ3) is 3.69. The van der Waals surface area contributed by atoms with Crippen LogP contribution in [0, 0.1) is 0 Å². The van der Waals surface area contributed by atoms with E-state index in [2.05, 4.69) is 5.32 Å². The number of ether oxygens (including phenoxy) is 1. The molecule has 0 bridgehead atoms. The topological polar surface area (TPSA) is 92.8 Å². The number of hydrogen-bond donors (Lipinski definition) is 1. The van der Waals surface area contributed by atoms with Gasteiger partial charge in [-0.1, -0.05) is 6.07 Å². The summed E-state index contributed by atoms with van der Waals surface area (Å²) in [5, 5.41) is 2.74. The van der Waals surface area contributed by atoms with Crippen LogP contribution in [-0.4, -0.2) is 56.3 Å². The number of sulfone groups is 1. The van der Waals surface area contributed by atoms with Crippen molar-refractivity contribution in [3.63, 3.8) is 0 Å². The number of fused-ring (bicyclic) bond motifs is 1. The number of carbonyl (C=O) groups excluding carboxylic acids is 2. The first-order valence-electron chi connectivity index (χ1n) is 7.86. The van der Waals surface area contributed by atoms with E-state index in [1.165, 1.54) is 0 Å². The van der Waals surface area contributed by atoms with Gasteiger partial charge in [-0.3, -0.25) is 9.59 Å². The van der Waals surface area contributed by atoms with Gasteiger partial charge in [0.2, 0.25) is 5.91 Å². The minimum Gasteiger partial charge on any atom is -0.482 e. The Balaban J connectivity index is 1.58. The summed E-state index contributed by atoms with van der Waals surface area (Å²) in [5.41, 5.74) is 1.53. The number of aryl methyl sites for hydroxylation is 1. The first-order chi connectivity index (χ1) is 11.3. The van der Waals surface area contributed by atoms with Crippen LogP contribution in [0.25, 0.3) is 0 Å². The number of nitrogens with one attached hydrogen (secondary N) is 1. The van der Waals surface area contributed by atoms with Crippen LogP contribution in [0.3, 0.4) is 0 Å². The second-order valence-electron chi connectivity index (χ2n) is 6.23. The molecule has 24 heavy (non-hydrogen) atoms. The van der Waals surface area contributed by atoms with Crippen molar-refractivity contribution in [3.8, 4) is 5.75 Å². The van der Waals surface area contributed by atoms with Gasteiger partial charge in [-0.25, -0.2) is 8.42 Å². The van der Waals surface area contributed by atoms with Gasteiger partial charge in [0.15, 0.2) is 16.4 Å². The van der Waals surface area contributed by atoms with E-state index in [0.29, 0.717) is 30.7 Å². The molecule has 1 unspecified atom stereocenters. The second-order valence-corrected chi connectivity index (χ2v) is 8.46. The normalized spacial score (nSPS) is 21.5. The van der Waals surface area contributed by atoms with Gasteiger partial charge < -0.3 is 15.0 Å². The molecule has 0 aliphatic carbocycles. The molecule has 3 rings (SSSR count). The number of hydrogen-bond acceptors (Lipinski definition) is 5. The average molecular weight is 352 g/mol. The molecular weight excluding hydrogens is 332 g/mol. The molecule has 0 saturated carbocycles. The van der Waals surface area contributed by atoms with Crippen LogP contribution in [0.2, 0.25) is 0 Å². The Hall–Kier alpha value is -2.09. The molecular formula is C16H20N2O5S. The van der Waals surface area contributed by atoms with E-state index in [1.54, 1.807) is 24.1 Å². The van der Waals surface area contributed by atoms with Gasteiger partial charge in [0, 0.05) is 19.5 Å². The summed E-state index contributed by atoms with van der Waals surface area (Å²) < 4.78 is 28.3. The van der Waals surface area contributed by atoms with Crippen LogP contribution >= 0.6 is 0 Å². The van der Waals surface area contributed by atoms with Crippen LogP contribution < -0.4 is 10.1 Å². The third-order valence-electron chi connectivity index (χ3n) is 4.45. The highest BCUT2D eigenvalue weighted by molar-refractivity contribution is 7.91. The minimum atomic E-state index is -3.00. The predicted octanol–water partition coefficient (Wildman–Crippen LogP) is 0.596. The van der Waals surface area contributed by atoms with Crippen molar-refractivity contribution in [2.75, 3.05) is 30.5 Å². The Bertz CT molecular complexity index is 775. The molecule has 2 amide bonds. The zero-order valence-corrected chi connectivity index (χ0v) is 14.3. The smallest absolute Gasteiger partial charge is 0.262 e. The molecule has 2 aliphatic heterocycles. The average Bonchev–Trinajstić information content (AvgIpc) is 2.91. The fraction of sp³-hybridized carbons (Fsp3) is 0.500. The highest BCUT2D eigenvalue weighted by atomic mass is 32.2. The Kier molecular flexibility index (Phi) is 4.49. The second kappa shape index (κ2) is 6.43. The number of nitrogens with zero attached hydrogens (tertiary/aromatic N) is 1. The SMILES string of the molecule is CN(C(=O)CCc1ccc2c(c1)NC(=O)CO2)C1CCS(=O)(=O)C1. The summed E-state index contributed by atoms with van der Waals surface area (Å²) in [7, 11) is -1.34. The van der Waals surface area contributed by atoms with Gasteiger partial charge >= 0.3 is 0 Å². The fourth-order valence-corrected chi connectivity index (χ4v) is 4.77. The van der Waals surface area contributed by atoms with Crippen molar-refractivity contribution in [1.29, 1.82) is 0 Å². The molecule has 1 aromatic carbocycles. The number of carbonyl (C=O) groups is 2. The van der Waals surface area contributed by atoms with Crippen LogP contribution in [0.4, 0.5) is 5.69 Å². The molecule has 8 heteroatoms. The maximum Gasteiger partial charge on any atom is 0.262 e. The molecule has 1 saturated heterocycles. The number of anilines is 1. The third-order valence-corrected chi connectivity index (χ3v) is 6.20. The molecule has 7 nitrogen and oxygen atoms in total. The maximum atomic E-state index is 12.3. The molecule has 1 N–H and O–H groups in total. The van der Waals surface area contributed by atoms with Crippen molar-refractivity contribution in [2.45, 2.75) is 25.3 Å². The van der Waals surface area contributed by atoms with E-state index in [1.807, 2.05) is 6.07 Å². The Morgan fingerprint density at radius 3 is 2.92 bits per heavy atom. The molecule has 1 aromatic rings. The predicted molar refractivity (Wildman–Crippen MR) is 88.7 cm³/mol. The monoisotopic (exact) mass is 352 g/mol. The Morgan fingerprint density at radius 1 is 1.42 bits per heavy atom. The Labute approximate surface area is 140 Å². The molecule has 2 heterocycles. The van der Waals surface area contributed by atoms with Crippen molar-refractivity contribution in [3.05, 3.63) is 23.8 Å². The fourth-order valence-electron chi connectivity index (χ4n) is 3.00.